The number of guanidine groups is 1. The van der Waals surface area contributed by atoms with Crippen LogP contribution in [0.4, 0.5) is 0 Å². The second kappa shape index (κ2) is 12.6. The molecular formula is C17H27IN6O. The molecule has 2 N–H and O–H groups in total. The molecule has 138 valence electrons. The van der Waals surface area contributed by atoms with Crippen LogP contribution < -0.4 is 10.6 Å². The number of hydrogen-bond donors (Lipinski definition) is 2. The molecule has 0 unspecified atom stereocenters. The summed E-state index contributed by atoms with van der Waals surface area (Å²) in [5.41, 5.74) is 2.35. The van der Waals surface area contributed by atoms with Crippen molar-refractivity contribution >= 4 is 29.9 Å². The molecule has 8 heteroatoms. The number of rotatable bonds is 9. The monoisotopic (exact) mass is 458 g/mol. The first-order chi connectivity index (χ1) is 11.8. The van der Waals surface area contributed by atoms with E-state index in [2.05, 4.69) is 56.9 Å². The van der Waals surface area contributed by atoms with Gasteiger partial charge in [-0.1, -0.05) is 24.3 Å². The molecule has 0 aliphatic heterocycles. The molecule has 1 aromatic carbocycles. The number of halogens is 1. The van der Waals surface area contributed by atoms with Gasteiger partial charge in [-0.05, 0) is 24.5 Å². The van der Waals surface area contributed by atoms with Gasteiger partial charge in [-0.25, -0.2) is 14.7 Å². The van der Waals surface area contributed by atoms with Crippen molar-refractivity contribution in [1.82, 2.24) is 25.4 Å². The van der Waals surface area contributed by atoms with E-state index in [0.29, 0.717) is 13.1 Å². The smallest absolute Gasteiger partial charge is 0.191 e. The zero-order valence-corrected chi connectivity index (χ0v) is 17.1. The Hall–Kier alpha value is -1.68. The van der Waals surface area contributed by atoms with Crippen LogP contribution in [-0.4, -0.2) is 47.5 Å². The lowest BCUT2D eigenvalue weighted by Crippen LogP contribution is -2.38. The normalized spacial score (nSPS) is 11.0. The van der Waals surface area contributed by atoms with Crippen molar-refractivity contribution in [2.45, 2.75) is 26.4 Å². The van der Waals surface area contributed by atoms with E-state index >= 15 is 0 Å². The van der Waals surface area contributed by atoms with Crippen LogP contribution in [0.2, 0.25) is 0 Å². The van der Waals surface area contributed by atoms with Gasteiger partial charge in [0, 0.05) is 26.8 Å². The molecule has 0 aliphatic rings. The predicted molar refractivity (Wildman–Crippen MR) is 110 cm³/mol. The first-order valence-electron chi connectivity index (χ1n) is 8.23. The second-order valence-corrected chi connectivity index (χ2v) is 5.38. The fraction of sp³-hybridized carbons (Fsp3) is 0.471. The number of nitrogens with one attached hydrogen (secondary N) is 2. The van der Waals surface area contributed by atoms with Crippen LogP contribution in [-0.2, 0) is 17.8 Å². The van der Waals surface area contributed by atoms with E-state index in [1.165, 1.54) is 11.1 Å². The predicted octanol–water partition coefficient (Wildman–Crippen LogP) is 2.04. The summed E-state index contributed by atoms with van der Waals surface area (Å²) in [7, 11) is 1.71. The second-order valence-electron chi connectivity index (χ2n) is 5.38. The Morgan fingerprint density at radius 1 is 1.28 bits per heavy atom. The van der Waals surface area contributed by atoms with Gasteiger partial charge in [0.1, 0.15) is 12.7 Å². The number of hydrogen-bond acceptors (Lipinski definition) is 4. The molecule has 2 aromatic rings. The van der Waals surface area contributed by atoms with E-state index in [-0.39, 0.29) is 24.0 Å². The Morgan fingerprint density at radius 3 is 2.84 bits per heavy atom. The lowest BCUT2D eigenvalue weighted by atomic mass is 10.1. The summed E-state index contributed by atoms with van der Waals surface area (Å²) in [5, 5.41) is 10.7. The molecule has 25 heavy (non-hydrogen) atoms. The Kier molecular flexibility index (Phi) is 10.8. The number of benzene rings is 1. The number of aromatic nitrogens is 3. The first-order valence-corrected chi connectivity index (χ1v) is 8.23. The van der Waals surface area contributed by atoms with Crippen molar-refractivity contribution < 1.29 is 4.74 Å². The highest BCUT2D eigenvalue weighted by molar-refractivity contribution is 14.0. The maximum atomic E-state index is 5.06. The van der Waals surface area contributed by atoms with Gasteiger partial charge in [-0.15, -0.1) is 24.0 Å². The van der Waals surface area contributed by atoms with E-state index in [1.807, 2.05) is 4.68 Å². The van der Waals surface area contributed by atoms with Crippen LogP contribution in [0.3, 0.4) is 0 Å². The summed E-state index contributed by atoms with van der Waals surface area (Å²) in [6.45, 7) is 5.83. The summed E-state index contributed by atoms with van der Waals surface area (Å²) >= 11 is 0. The molecule has 0 radical (unpaired) electrons. The molecule has 2 rings (SSSR count). The van der Waals surface area contributed by atoms with Crippen molar-refractivity contribution in [3.05, 3.63) is 48.0 Å². The van der Waals surface area contributed by atoms with Crippen LogP contribution in [0.5, 0.6) is 0 Å². The summed E-state index contributed by atoms with van der Waals surface area (Å²) in [6, 6.07) is 8.38. The molecule has 1 heterocycles. The lowest BCUT2D eigenvalue weighted by molar-refractivity contribution is 0.195. The van der Waals surface area contributed by atoms with Crippen molar-refractivity contribution in [3.8, 4) is 0 Å². The molecule has 0 saturated carbocycles. The summed E-state index contributed by atoms with van der Waals surface area (Å²) in [6.07, 6.45) is 4.22. The van der Waals surface area contributed by atoms with Crippen molar-refractivity contribution in [1.29, 1.82) is 0 Å². The van der Waals surface area contributed by atoms with E-state index < -0.39 is 0 Å². The zero-order chi connectivity index (χ0) is 17.0. The molecule has 1 aromatic heterocycles. The standard InChI is InChI=1S/C17H26N6O.HI/c1-3-19-17(20-8-5-9-24-2)21-11-15-6-4-7-16(10-15)12-23-14-18-13-22-23;/h4,6-7,10,13-14H,3,5,8-9,11-12H2,1-2H3,(H2,19,20,21);1H. The number of aliphatic imine (C=N–C) groups is 1. The average molecular weight is 458 g/mol. The SMILES string of the molecule is CCNC(=NCc1cccc(Cn2cncn2)c1)NCCCOC.I. The van der Waals surface area contributed by atoms with Gasteiger partial charge in [-0.3, -0.25) is 0 Å². The van der Waals surface area contributed by atoms with E-state index in [9.17, 15) is 0 Å². The minimum absolute atomic E-state index is 0. The molecule has 0 amide bonds. The van der Waals surface area contributed by atoms with Gasteiger partial charge in [0.2, 0.25) is 0 Å². The summed E-state index contributed by atoms with van der Waals surface area (Å²) < 4.78 is 6.87. The molecule has 0 atom stereocenters. The highest BCUT2D eigenvalue weighted by Crippen LogP contribution is 2.08. The number of methoxy groups -OCH3 is 1. The molecule has 0 bridgehead atoms. The third kappa shape index (κ3) is 8.30. The van der Waals surface area contributed by atoms with Gasteiger partial charge in [0.25, 0.3) is 0 Å². The third-order valence-corrected chi connectivity index (χ3v) is 3.38. The lowest BCUT2D eigenvalue weighted by Gasteiger charge is -2.11. The fourth-order valence-electron chi connectivity index (χ4n) is 2.26. The van der Waals surface area contributed by atoms with Crippen LogP contribution in [0.25, 0.3) is 0 Å². The van der Waals surface area contributed by atoms with Gasteiger partial charge >= 0.3 is 0 Å². The highest BCUT2D eigenvalue weighted by atomic mass is 127. The Bertz CT molecular complexity index is 617. The third-order valence-electron chi connectivity index (χ3n) is 3.38. The Balaban J connectivity index is 0.00000312. The van der Waals surface area contributed by atoms with Crippen LogP contribution in [0.15, 0.2) is 41.9 Å². The highest BCUT2D eigenvalue weighted by Gasteiger charge is 2.00. The largest absolute Gasteiger partial charge is 0.385 e. The molecule has 0 aliphatic carbocycles. The Labute approximate surface area is 166 Å². The van der Waals surface area contributed by atoms with Crippen molar-refractivity contribution in [2.24, 2.45) is 4.99 Å². The average Bonchev–Trinajstić information content (AvgIpc) is 3.10. The maximum absolute atomic E-state index is 5.06. The topological polar surface area (TPSA) is 76.4 Å². The van der Waals surface area contributed by atoms with Gasteiger partial charge < -0.3 is 15.4 Å². The fourth-order valence-corrected chi connectivity index (χ4v) is 2.26. The molecule has 7 nitrogen and oxygen atoms in total. The van der Waals surface area contributed by atoms with Gasteiger partial charge in [0.05, 0.1) is 13.1 Å². The van der Waals surface area contributed by atoms with Gasteiger partial charge in [-0.2, -0.15) is 5.10 Å². The quantitative estimate of drug-likeness (QED) is 0.260. The number of ether oxygens (including phenoxy) is 1. The van der Waals surface area contributed by atoms with Crippen LogP contribution in [0.1, 0.15) is 24.5 Å². The van der Waals surface area contributed by atoms with E-state index in [1.54, 1.807) is 19.8 Å². The first kappa shape index (κ1) is 21.4. The minimum Gasteiger partial charge on any atom is -0.385 e. The molecule has 0 fully saturated rings. The molecule has 0 spiro atoms. The Morgan fingerprint density at radius 2 is 2.12 bits per heavy atom. The maximum Gasteiger partial charge on any atom is 0.191 e. The van der Waals surface area contributed by atoms with E-state index in [0.717, 1.165) is 32.1 Å². The van der Waals surface area contributed by atoms with Crippen molar-refractivity contribution in [2.75, 3.05) is 26.8 Å². The van der Waals surface area contributed by atoms with Crippen LogP contribution >= 0.6 is 24.0 Å². The zero-order valence-electron chi connectivity index (χ0n) is 14.8. The van der Waals surface area contributed by atoms with Crippen LogP contribution in [0, 0.1) is 0 Å². The summed E-state index contributed by atoms with van der Waals surface area (Å²) in [4.78, 5) is 8.61. The summed E-state index contributed by atoms with van der Waals surface area (Å²) in [5.74, 6) is 0.829. The minimum atomic E-state index is 0. The van der Waals surface area contributed by atoms with Crippen molar-refractivity contribution in [3.63, 3.8) is 0 Å². The molecule has 0 saturated heterocycles. The van der Waals surface area contributed by atoms with Gasteiger partial charge in [0.15, 0.2) is 5.96 Å². The number of nitrogens with zero attached hydrogens (tertiary/aromatic N) is 4. The molecular weight excluding hydrogens is 431 g/mol. The van der Waals surface area contributed by atoms with E-state index in [4.69, 9.17) is 4.74 Å².